The van der Waals surface area contributed by atoms with E-state index < -0.39 is 0 Å². The van der Waals surface area contributed by atoms with Gasteiger partial charge >= 0.3 is 5.97 Å². The van der Waals surface area contributed by atoms with E-state index in [1.165, 1.54) is 0 Å². The molecule has 0 amide bonds. The van der Waals surface area contributed by atoms with Crippen LogP contribution in [0.2, 0.25) is 0 Å². The monoisotopic (exact) mass is 628 g/mol. The maximum absolute atomic E-state index is 13.2. The number of aromatic amines is 1. The molecule has 0 spiro atoms. The summed E-state index contributed by atoms with van der Waals surface area (Å²) in [6, 6.07) is 19.9. The van der Waals surface area contributed by atoms with Crippen LogP contribution < -0.4 is 5.56 Å². The van der Waals surface area contributed by atoms with E-state index >= 15 is 0 Å². The van der Waals surface area contributed by atoms with Gasteiger partial charge in [0.05, 0.1) is 22.5 Å². The largest absolute Gasteiger partial charge is 0.461 e. The Kier molecular flexibility index (Phi) is 6.48. The van der Waals surface area contributed by atoms with E-state index in [0.717, 1.165) is 54.5 Å². The zero-order valence-corrected chi connectivity index (χ0v) is 22.3. The van der Waals surface area contributed by atoms with Crippen molar-refractivity contribution in [1.82, 2.24) is 9.55 Å². The molecule has 1 N–H and O–H groups in total. The molecule has 1 aliphatic carbocycles. The van der Waals surface area contributed by atoms with Crippen molar-refractivity contribution in [1.29, 1.82) is 0 Å². The predicted molar refractivity (Wildman–Crippen MR) is 145 cm³/mol. The molecule has 0 aliphatic heterocycles. The van der Waals surface area contributed by atoms with E-state index in [1.54, 1.807) is 6.92 Å². The van der Waals surface area contributed by atoms with Gasteiger partial charge in [0.15, 0.2) is 0 Å². The van der Waals surface area contributed by atoms with Crippen LogP contribution in [0.1, 0.15) is 34.1 Å². The summed E-state index contributed by atoms with van der Waals surface area (Å²) in [4.78, 5) is 29.3. The van der Waals surface area contributed by atoms with E-state index in [9.17, 15) is 9.59 Å². The van der Waals surface area contributed by atoms with Gasteiger partial charge in [-0.2, -0.15) is 0 Å². The first-order valence-electron chi connectivity index (χ1n) is 11.1. The minimum absolute atomic E-state index is 0.145. The fourth-order valence-corrected chi connectivity index (χ4v) is 5.68. The Hall–Kier alpha value is -2.65. The Morgan fingerprint density at radius 1 is 1.12 bits per heavy atom. The number of carbonyl (C=O) groups is 1. The molecule has 7 heteroatoms. The van der Waals surface area contributed by atoms with Crippen molar-refractivity contribution in [2.75, 3.05) is 6.61 Å². The van der Waals surface area contributed by atoms with Crippen molar-refractivity contribution in [2.45, 2.75) is 26.3 Å². The van der Waals surface area contributed by atoms with Crippen molar-refractivity contribution in [3.05, 3.63) is 101 Å². The molecule has 0 saturated carbocycles. The minimum atomic E-state index is -0.376. The number of pyridine rings is 1. The molecule has 2 aromatic heterocycles. The molecule has 0 bridgehead atoms. The first-order chi connectivity index (χ1) is 16.5. The number of aromatic nitrogens is 2. The summed E-state index contributed by atoms with van der Waals surface area (Å²) in [5, 5.41) is 0. The van der Waals surface area contributed by atoms with Crippen molar-refractivity contribution in [2.24, 2.45) is 0 Å². The highest BCUT2D eigenvalue weighted by Gasteiger charge is 2.32. The normalized spacial score (nSPS) is 12.2. The Labute approximate surface area is 219 Å². The second-order valence-electron chi connectivity index (χ2n) is 8.20. The zero-order chi connectivity index (χ0) is 23.8. The Balaban J connectivity index is 1.71. The Morgan fingerprint density at radius 2 is 1.85 bits per heavy atom. The molecule has 5 rings (SSSR count). The SMILES string of the molecule is CCOC(=O)c1c(Br)c2c(n1Cc1ccc(I)cc1)-c1[nH]c(=O)c(-c3ccccc3)cc1CC2. The van der Waals surface area contributed by atoms with E-state index in [2.05, 4.69) is 55.6 Å². The van der Waals surface area contributed by atoms with Gasteiger partial charge in [-0.15, -0.1) is 0 Å². The van der Waals surface area contributed by atoms with Crippen LogP contribution in [0, 0.1) is 3.57 Å². The summed E-state index contributed by atoms with van der Waals surface area (Å²) >= 11 is 5.97. The first kappa shape index (κ1) is 23.1. The number of benzene rings is 2. The number of hydrogen-bond acceptors (Lipinski definition) is 3. The number of fused-ring (bicyclic) bond motifs is 3. The van der Waals surface area contributed by atoms with Gasteiger partial charge in [0, 0.05) is 15.7 Å². The highest BCUT2D eigenvalue weighted by molar-refractivity contribution is 14.1. The second-order valence-corrected chi connectivity index (χ2v) is 10.2. The number of aryl methyl sites for hydroxylation is 1. The Morgan fingerprint density at radius 3 is 2.56 bits per heavy atom. The maximum Gasteiger partial charge on any atom is 0.356 e. The smallest absolute Gasteiger partial charge is 0.356 e. The Bertz CT molecular complexity index is 1440. The molecule has 2 heterocycles. The van der Waals surface area contributed by atoms with Crippen LogP contribution in [0.4, 0.5) is 0 Å². The molecule has 2 aromatic carbocycles. The lowest BCUT2D eigenvalue weighted by atomic mass is 9.92. The van der Waals surface area contributed by atoms with Gasteiger partial charge in [-0.05, 0) is 98.7 Å². The molecule has 172 valence electrons. The highest BCUT2D eigenvalue weighted by Crippen LogP contribution is 2.41. The van der Waals surface area contributed by atoms with Crippen LogP contribution in [-0.2, 0) is 24.1 Å². The van der Waals surface area contributed by atoms with Gasteiger partial charge in [-0.3, -0.25) is 4.79 Å². The molecule has 4 aromatic rings. The molecule has 34 heavy (non-hydrogen) atoms. The average Bonchev–Trinajstić information content (AvgIpc) is 3.12. The number of nitrogens with one attached hydrogen (secondary N) is 1. The van der Waals surface area contributed by atoms with Gasteiger partial charge < -0.3 is 14.3 Å². The van der Waals surface area contributed by atoms with Crippen LogP contribution in [0.15, 0.2) is 69.9 Å². The number of halogens is 2. The van der Waals surface area contributed by atoms with E-state index in [4.69, 9.17) is 4.74 Å². The number of H-pyrrole nitrogens is 1. The second kappa shape index (κ2) is 9.54. The number of hydrogen-bond donors (Lipinski definition) is 1. The van der Waals surface area contributed by atoms with Gasteiger partial charge in [-0.25, -0.2) is 4.79 Å². The third kappa shape index (κ3) is 4.15. The summed E-state index contributed by atoms with van der Waals surface area (Å²) in [5.74, 6) is -0.376. The zero-order valence-electron chi connectivity index (χ0n) is 18.5. The fraction of sp³-hybridized carbons (Fsp3) is 0.185. The van der Waals surface area contributed by atoms with Crippen LogP contribution >= 0.6 is 38.5 Å². The van der Waals surface area contributed by atoms with Crippen LogP contribution in [0.25, 0.3) is 22.5 Å². The van der Waals surface area contributed by atoms with Gasteiger partial charge in [0.25, 0.3) is 5.56 Å². The molecule has 0 fully saturated rings. The third-order valence-electron chi connectivity index (χ3n) is 6.11. The van der Waals surface area contributed by atoms with E-state index in [-0.39, 0.29) is 11.5 Å². The number of nitrogens with zero attached hydrogens (tertiary/aromatic N) is 1. The minimum Gasteiger partial charge on any atom is -0.461 e. The lowest BCUT2D eigenvalue weighted by Gasteiger charge is -2.21. The molecule has 5 nitrogen and oxygen atoms in total. The summed E-state index contributed by atoms with van der Waals surface area (Å²) in [6.07, 6.45) is 1.53. The van der Waals surface area contributed by atoms with Crippen LogP contribution in [-0.4, -0.2) is 22.1 Å². The lowest BCUT2D eigenvalue weighted by molar-refractivity contribution is 0.0513. The highest BCUT2D eigenvalue weighted by atomic mass is 127. The third-order valence-corrected chi connectivity index (χ3v) is 7.68. The molecule has 0 saturated heterocycles. The molecule has 0 radical (unpaired) electrons. The quantitative estimate of drug-likeness (QED) is 0.211. The van der Waals surface area contributed by atoms with Crippen molar-refractivity contribution in [3.8, 4) is 22.5 Å². The van der Waals surface area contributed by atoms with Crippen molar-refractivity contribution < 1.29 is 9.53 Å². The average molecular weight is 629 g/mol. The number of ether oxygens (including phenoxy) is 1. The van der Waals surface area contributed by atoms with Crippen LogP contribution in [0.3, 0.4) is 0 Å². The fourth-order valence-electron chi connectivity index (χ4n) is 4.56. The van der Waals surface area contributed by atoms with Crippen molar-refractivity contribution in [3.63, 3.8) is 0 Å². The summed E-state index contributed by atoms with van der Waals surface area (Å²) < 4.78 is 9.28. The number of rotatable bonds is 5. The predicted octanol–water partition coefficient (Wildman–Crippen LogP) is 6.20. The van der Waals surface area contributed by atoms with Gasteiger partial charge in [-0.1, -0.05) is 42.5 Å². The standard InChI is InChI=1S/C27H22BrIN2O3/c1-2-34-27(33)25-22(28)20-13-10-18-14-21(17-6-4-3-5-7-17)26(32)30-23(18)24(20)31(25)15-16-8-11-19(29)12-9-16/h3-9,11-12,14H,2,10,13,15H2,1H3,(H,30,32). The summed E-state index contributed by atoms with van der Waals surface area (Å²) in [5.41, 5.74) is 6.66. The summed E-state index contributed by atoms with van der Waals surface area (Å²) in [6.45, 7) is 2.58. The first-order valence-corrected chi connectivity index (χ1v) is 13.0. The maximum atomic E-state index is 13.2. The molecular formula is C27H22BrIN2O3. The molecule has 0 atom stereocenters. The van der Waals surface area contributed by atoms with Crippen molar-refractivity contribution >= 4 is 44.5 Å². The van der Waals surface area contributed by atoms with Gasteiger partial charge in [0.1, 0.15) is 5.69 Å². The molecule has 1 aliphatic rings. The van der Waals surface area contributed by atoms with Gasteiger partial charge in [0.2, 0.25) is 0 Å². The van der Waals surface area contributed by atoms with Crippen LogP contribution in [0.5, 0.6) is 0 Å². The molecule has 0 unspecified atom stereocenters. The van der Waals surface area contributed by atoms with E-state index in [0.29, 0.717) is 24.4 Å². The van der Waals surface area contributed by atoms with E-state index in [1.807, 2.05) is 53.1 Å². The summed E-state index contributed by atoms with van der Waals surface area (Å²) in [7, 11) is 0. The topological polar surface area (TPSA) is 64.1 Å². The number of esters is 1. The molecular weight excluding hydrogens is 607 g/mol. The number of carbonyl (C=O) groups excluding carboxylic acids is 1. The lowest BCUT2D eigenvalue weighted by Crippen LogP contribution is -2.19.